The summed E-state index contributed by atoms with van der Waals surface area (Å²) >= 11 is 5.93. The maximum atomic E-state index is 12.8. The van der Waals surface area contributed by atoms with E-state index in [9.17, 15) is 4.39 Å². The second kappa shape index (κ2) is 4.78. The lowest BCUT2D eigenvalue weighted by molar-refractivity contribution is 0.627. The second-order valence-electron chi connectivity index (χ2n) is 2.77. The molecule has 0 aliphatic heterocycles. The predicted molar refractivity (Wildman–Crippen MR) is 55.1 cm³/mol. The van der Waals surface area contributed by atoms with Gasteiger partial charge in [0.2, 0.25) is 0 Å². The Morgan fingerprint density at radius 2 is 2.29 bits per heavy atom. The number of nitriles is 1. The molecule has 0 atom stereocenters. The summed E-state index contributed by atoms with van der Waals surface area (Å²) < 4.78 is 12.8. The minimum atomic E-state index is -0.353. The van der Waals surface area contributed by atoms with Crippen LogP contribution in [0.25, 0.3) is 5.03 Å². The normalized spacial score (nSPS) is 11.9. The average molecular weight is 210 g/mol. The van der Waals surface area contributed by atoms with Crippen molar-refractivity contribution < 1.29 is 4.39 Å². The highest BCUT2D eigenvalue weighted by Crippen LogP contribution is 2.24. The zero-order valence-corrected chi connectivity index (χ0v) is 8.48. The van der Waals surface area contributed by atoms with Crippen LogP contribution in [0.1, 0.15) is 18.9 Å². The minimum Gasteiger partial charge on any atom is -0.207 e. The van der Waals surface area contributed by atoms with Gasteiger partial charge in [0.25, 0.3) is 0 Å². The average Bonchev–Trinajstić information content (AvgIpc) is 2.19. The number of benzene rings is 1. The van der Waals surface area contributed by atoms with E-state index < -0.39 is 0 Å². The van der Waals surface area contributed by atoms with Crippen molar-refractivity contribution in [1.82, 2.24) is 0 Å². The van der Waals surface area contributed by atoms with Crippen molar-refractivity contribution in [1.29, 1.82) is 5.26 Å². The molecule has 0 unspecified atom stereocenters. The lowest BCUT2D eigenvalue weighted by Crippen LogP contribution is -1.84. The smallest absolute Gasteiger partial charge is 0.123 e. The van der Waals surface area contributed by atoms with Crippen LogP contribution in [0.5, 0.6) is 0 Å². The van der Waals surface area contributed by atoms with Gasteiger partial charge < -0.3 is 0 Å². The van der Waals surface area contributed by atoms with Gasteiger partial charge in [0.15, 0.2) is 0 Å². The monoisotopic (exact) mass is 209 g/mol. The van der Waals surface area contributed by atoms with Crippen LogP contribution < -0.4 is 0 Å². The molecule has 0 fully saturated rings. The summed E-state index contributed by atoms with van der Waals surface area (Å²) in [4.78, 5) is 0. The predicted octanol–water partition coefficient (Wildman–Crippen LogP) is 3.71. The molecule has 1 nitrogen and oxygen atoms in total. The fraction of sp³-hybridized carbons (Fsp3) is 0.182. The summed E-state index contributed by atoms with van der Waals surface area (Å²) in [6.07, 6.45) is 0.547. The molecule has 0 saturated carbocycles. The van der Waals surface area contributed by atoms with Crippen LogP contribution in [0.4, 0.5) is 4.39 Å². The molecule has 72 valence electrons. The first-order valence-corrected chi connectivity index (χ1v) is 4.61. The van der Waals surface area contributed by atoms with Crippen LogP contribution in [0.3, 0.4) is 0 Å². The number of hydrogen-bond donors (Lipinski definition) is 0. The standard InChI is InChI=1S/C11H9ClFN/c1-2-8(7-14)11(12)9-4-3-5-10(13)6-9/h3-6H,2H2,1H3/b11-8-. The summed E-state index contributed by atoms with van der Waals surface area (Å²) in [6, 6.07) is 7.89. The quantitative estimate of drug-likeness (QED) is 0.682. The van der Waals surface area contributed by atoms with Crippen LogP contribution in [-0.2, 0) is 0 Å². The maximum Gasteiger partial charge on any atom is 0.123 e. The highest BCUT2D eigenvalue weighted by molar-refractivity contribution is 6.49. The maximum absolute atomic E-state index is 12.8. The number of nitrogens with zero attached hydrogens (tertiary/aromatic N) is 1. The van der Waals surface area contributed by atoms with Crippen molar-refractivity contribution in [2.75, 3.05) is 0 Å². The van der Waals surface area contributed by atoms with Crippen molar-refractivity contribution in [3.05, 3.63) is 41.2 Å². The Balaban J connectivity index is 3.18. The van der Waals surface area contributed by atoms with E-state index in [2.05, 4.69) is 0 Å². The Labute approximate surface area is 87.4 Å². The van der Waals surface area contributed by atoms with Gasteiger partial charge in [0.1, 0.15) is 5.82 Å². The largest absolute Gasteiger partial charge is 0.207 e. The molecule has 0 aromatic heterocycles. The molecule has 3 heteroatoms. The molecule has 1 rings (SSSR count). The van der Waals surface area contributed by atoms with E-state index in [-0.39, 0.29) is 5.82 Å². The first kappa shape index (κ1) is 10.7. The molecule has 0 N–H and O–H groups in total. The van der Waals surface area contributed by atoms with Crippen LogP contribution in [0.15, 0.2) is 29.8 Å². The van der Waals surface area contributed by atoms with Crippen molar-refractivity contribution in [3.63, 3.8) is 0 Å². The van der Waals surface area contributed by atoms with Crippen LogP contribution >= 0.6 is 11.6 Å². The van der Waals surface area contributed by atoms with Crippen molar-refractivity contribution in [3.8, 4) is 6.07 Å². The van der Waals surface area contributed by atoms with Gasteiger partial charge in [-0.3, -0.25) is 0 Å². The fourth-order valence-electron chi connectivity index (χ4n) is 1.08. The summed E-state index contributed by atoms with van der Waals surface area (Å²) in [5, 5.41) is 9.07. The molecule has 0 saturated heterocycles. The van der Waals surface area contributed by atoms with Gasteiger partial charge in [-0.15, -0.1) is 0 Å². The molecular formula is C11H9ClFN. The number of rotatable bonds is 2. The van der Waals surface area contributed by atoms with Gasteiger partial charge in [-0.05, 0) is 24.1 Å². The molecular weight excluding hydrogens is 201 g/mol. The molecule has 0 aliphatic carbocycles. The van der Waals surface area contributed by atoms with Gasteiger partial charge in [-0.2, -0.15) is 5.26 Å². The third-order valence-electron chi connectivity index (χ3n) is 1.83. The minimum absolute atomic E-state index is 0.328. The van der Waals surface area contributed by atoms with Crippen LogP contribution in [-0.4, -0.2) is 0 Å². The van der Waals surface area contributed by atoms with Gasteiger partial charge in [-0.1, -0.05) is 30.7 Å². The summed E-state index contributed by atoms with van der Waals surface area (Å²) in [6.45, 7) is 1.83. The third-order valence-corrected chi connectivity index (χ3v) is 2.28. The topological polar surface area (TPSA) is 23.8 Å². The molecule has 1 aromatic carbocycles. The van der Waals surface area contributed by atoms with E-state index in [4.69, 9.17) is 16.9 Å². The molecule has 0 heterocycles. The molecule has 0 radical (unpaired) electrons. The molecule has 0 bridgehead atoms. The molecule has 0 amide bonds. The summed E-state index contributed by atoms with van der Waals surface area (Å²) in [7, 11) is 0. The molecule has 14 heavy (non-hydrogen) atoms. The van der Waals surface area contributed by atoms with Crippen molar-refractivity contribution in [2.45, 2.75) is 13.3 Å². The Hall–Kier alpha value is -1.33. The second-order valence-corrected chi connectivity index (χ2v) is 3.15. The number of hydrogen-bond acceptors (Lipinski definition) is 1. The fourth-order valence-corrected chi connectivity index (χ4v) is 1.38. The summed E-state index contributed by atoms with van der Waals surface area (Å²) in [5.41, 5.74) is 1.02. The van der Waals surface area contributed by atoms with Gasteiger partial charge in [0, 0.05) is 5.57 Å². The first-order valence-electron chi connectivity index (χ1n) is 4.23. The van der Waals surface area contributed by atoms with E-state index in [0.29, 0.717) is 22.6 Å². The van der Waals surface area contributed by atoms with Crippen LogP contribution in [0.2, 0.25) is 0 Å². The van der Waals surface area contributed by atoms with E-state index in [1.54, 1.807) is 12.1 Å². The first-order chi connectivity index (χ1) is 6.69. The van der Waals surface area contributed by atoms with E-state index in [1.165, 1.54) is 12.1 Å². The van der Waals surface area contributed by atoms with Gasteiger partial charge in [-0.25, -0.2) is 4.39 Å². The highest BCUT2D eigenvalue weighted by atomic mass is 35.5. The van der Waals surface area contributed by atoms with Crippen molar-refractivity contribution in [2.24, 2.45) is 0 Å². The summed E-state index contributed by atoms with van der Waals surface area (Å²) in [5.74, 6) is -0.353. The Bertz CT molecular complexity index is 404. The van der Waals surface area contributed by atoms with E-state index in [1.807, 2.05) is 13.0 Å². The third kappa shape index (κ3) is 2.34. The Kier molecular flexibility index (Phi) is 3.67. The SMILES string of the molecule is CC/C(C#N)=C(/Cl)c1cccc(F)c1. The number of allylic oxidation sites excluding steroid dienone is 1. The van der Waals surface area contributed by atoms with Gasteiger partial charge >= 0.3 is 0 Å². The Morgan fingerprint density at radius 3 is 2.79 bits per heavy atom. The highest BCUT2D eigenvalue weighted by Gasteiger charge is 2.05. The van der Waals surface area contributed by atoms with E-state index in [0.717, 1.165) is 0 Å². The molecule has 1 aromatic rings. The van der Waals surface area contributed by atoms with Crippen LogP contribution in [0, 0.1) is 17.1 Å². The molecule has 0 spiro atoms. The van der Waals surface area contributed by atoms with Gasteiger partial charge in [0.05, 0.1) is 11.1 Å². The van der Waals surface area contributed by atoms with E-state index >= 15 is 0 Å². The zero-order valence-electron chi connectivity index (χ0n) is 7.72. The van der Waals surface area contributed by atoms with Crippen molar-refractivity contribution >= 4 is 16.6 Å². The molecule has 0 aliphatic rings. The zero-order chi connectivity index (χ0) is 10.6. The Morgan fingerprint density at radius 1 is 1.57 bits per heavy atom. The number of halogens is 2. The lowest BCUT2D eigenvalue weighted by atomic mass is 10.1. The lowest BCUT2D eigenvalue weighted by Gasteiger charge is -2.01.